The summed E-state index contributed by atoms with van der Waals surface area (Å²) in [4.78, 5) is 15.9. The highest BCUT2D eigenvalue weighted by Gasteiger charge is 2.26. The summed E-state index contributed by atoms with van der Waals surface area (Å²) in [6, 6.07) is 9.06. The van der Waals surface area contributed by atoms with Crippen molar-refractivity contribution in [2.45, 2.75) is 9.92 Å². The molecule has 0 radical (unpaired) electrons. The summed E-state index contributed by atoms with van der Waals surface area (Å²) >= 11 is 3.21. The maximum Gasteiger partial charge on any atom is 0.341 e. The molecule has 0 aliphatic rings. The second-order valence-electron chi connectivity index (χ2n) is 4.57. The number of hydrogen-bond acceptors (Lipinski definition) is 6. The monoisotopic (exact) mass is 411 g/mol. The van der Waals surface area contributed by atoms with E-state index in [9.17, 15) is 13.2 Å². The molecule has 0 atom stereocenters. The van der Waals surface area contributed by atoms with Crippen LogP contribution in [0.2, 0.25) is 0 Å². The average molecular weight is 412 g/mol. The molecular formula is C16H14BrNO5S. The summed E-state index contributed by atoms with van der Waals surface area (Å²) in [6.45, 7) is 0. The highest BCUT2D eigenvalue weighted by Crippen LogP contribution is 2.29. The smallest absolute Gasteiger partial charge is 0.341 e. The molecule has 0 unspecified atom stereocenters. The van der Waals surface area contributed by atoms with E-state index >= 15 is 0 Å². The number of carbonyl (C=O) groups is 1. The summed E-state index contributed by atoms with van der Waals surface area (Å²) in [6.07, 6.45) is 2.54. The van der Waals surface area contributed by atoms with Gasteiger partial charge in [-0.3, -0.25) is 0 Å². The van der Waals surface area contributed by atoms with Crippen LogP contribution >= 0.6 is 15.9 Å². The van der Waals surface area contributed by atoms with Gasteiger partial charge in [-0.2, -0.15) is 0 Å². The normalized spacial score (nSPS) is 11.9. The van der Waals surface area contributed by atoms with Crippen LogP contribution in [0.25, 0.3) is 5.57 Å². The van der Waals surface area contributed by atoms with Gasteiger partial charge < -0.3 is 9.47 Å². The summed E-state index contributed by atoms with van der Waals surface area (Å²) in [5.74, 6) is -0.705. The molecule has 1 aromatic carbocycles. The topological polar surface area (TPSA) is 82.6 Å². The fourth-order valence-electron chi connectivity index (χ4n) is 2.01. The fourth-order valence-corrected chi connectivity index (χ4v) is 3.63. The van der Waals surface area contributed by atoms with Crippen LogP contribution in [0.15, 0.2) is 63.3 Å². The molecular weight excluding hydrogens is 398 g/mol. The molecule has 0 amide bonds. The van der Waals surface area contributed by atoms with Gasteiger partial charge in [0.25, 0.3) is 0 Å². The van der Waals surface area contributed by atoms with E-state index < -0.39 is 15.8 Å². The summed E-state index contributed by atoms with van der Waals surface area (Å²) < 4.78 is 36.0. The lowest BCUT2D eigenvalue weighted by Gasteiger charge is -2.12. The van der Waals surface area contributed by atoms with Gasteiger partial charge in [-0.15, -0.1) is 0 Å². The van der Waals surface area contributed by atoms with Crippen LogP contribution in [0.1, 0.15) is 5.56 Å². The highest BCUT2D eigenvalue weighted by molar-refractivity contribution is 9.10. The first-order valence-electron chi connectivity index (χ1n) is 6.69. The van der Waals surface area contributed by atoms with Gasteiger partial charge in [0.1, 0.15) is 5.57 Å². The van der Waals surface area contributed by atoms with Crippen LogP contribution in [0.3, 0.4) is 0 Å². The SMILES string of the molecule is CO/C=C(/C(=O)OC)c1ccccc1S(=O)(=O)c1ccc(Br)cn1. The van der Waals surface area contributed by atoms with Crippen LogP contribution in [-0.4, -0.2) is 33.6 Å². The quantitative estimate of drug-likeness (QED) is 0.427. The number of carbonyl (C=O) groups excluding carboxylic acids is 1. The first-order chi connectivity index (χ1) is 11.4. The minimum atomic E-state index is -3.93. The van der Waals surface area contributed by atoms with Crippen molar-refractivity contribution in [1.82, 2.24) is 4.98 Å². The van der Waals surface area contributed by atoms with E-state index in [1.165, 1.54) is 38.6 Å². The van der Waals surface area contributed by atoms with Gasteiger partial charge in [0.2, 0.25) is 9.84 Å². The van der Waals surface area contributed by atoms with Crippen molar-refractivity contribution >= 4 is 37.3 Å². The van der Waals surface area contributed by atoms with Crippen LogP contribution in [0, 0.1) is 0 Å². The molecule has 8 heteroatoms. The van der Waals surface area contributed by atoms with Gasteiger partial charge >= 0.3 is 5.97 Å². The van der Waals surface area contributed by atoms with Crippen molar-refractivity contribution in [3.05, 3.63) is 58.9 Å². The van der Waals surface area contributed by atoms with E-state index in [0.29, 0.717) is 4.47 Å². The third-order valence-corrected chi connectivity index (χ3v) is 5.28. The average Bonchev–Trinajstić information content (AvgIpc) is 2.59. The van der Waals surface area contributed by atoms with Crippen molar-refractivity contribution in [2.24, 2.45) is 0 Å². The summed E-state index contributed by atoms with van der Waals surface area (Å²) in [5, 5.41) is -0.125. The zero-order valence-corrected chi connectivity index (χ0v) is 15.3. The Bertz CT molecular complexity index is 876. The number of aromatic nitrogens is 1. The Hall–Kier alpha value is -2.19. The number of rotatable bonds is 5. The number of nitrogens with zero attached hydrogens (tertiary/aromatic N) is 1. The maximum absolute atomic E-state index is 12.9. The molecule has 0 aliphatic carbocycles. The van der Waals surface area contributed by atoms with Crippen molar-refractivity contribution in [1.29, 1.82) is 0 Å². The maximum atomic E-state index is 12.9. The van der Waals surface area contributed by atoms with Gasteiger partial charge in [0.15, 0.2) is 5.03 Å². The lowest BCUT2D eigenvalue weighted by Crippen LogP contribution is -2.11. The molecule has 0 saturated heterocycles. The van der Waals surface area contributed by atoms with Gasteiger partial charge in [-0.1, -0.05) is 18.2 Å². The molecule has 24 heavy (non-hydrogen) atoms. The van der Waals surface area contributed by atoms with Crippen molar-refractivity contribution in [3.8, 4) is 0 Å². The van der Waals surface area contributed by atoms with Gasteiger partial charge in [-0.05, 0) is 34.1 Å². The van der Waals surface area contributed by atoms with Crippen LogP contribution in [-0.2, 0) is 24.1 Å². The first kappa shape index (κ1) is 18.2. The Morgan fingerprint density at radius 3 is 2.46 bits per heavy atom. The Morgan fingerprint density at radius 1 is 1.17 bits per heavy atom. The number of methoxy groups -OCH3 is 2. The van der Waals surface area contributed by atoms with E-state index in [1.54, 1.807) is 18.2 Å². The molecule has 2 aromatic rings. The molecule has 126 valence electrons. The number of hydrogen-bond donors (Lipinski definition) is 0. The third kappa shape index (κ3) is 3.65. The minimum absolute atomic E-state index is 0.00344. The third-order valence-electron chi connectivity index (χ3n) is 3.08. The number of ether oxygens (including phenoxy) is 2. The second kappa shape index (κ2) is 7.59. The number of halogens is 1. The van der Waals surface area contributed by atoms with Crippen molar-refractivity contribution in [2.75, 3.05) is 14.2 Å². The Kier molecular flexibility index (Phi) is 5.74. The molecule has 0 bridgehead atoms. The number of benzene rings is 1. The molecule has 0 N–H and O–H groups in total. The zero-order valence-electron chi connectivity index (χ0n) is 12.9. The first-order valence-corrected chi connectivity index (χ1v) is 8.96. The van der Waals surface area contributed by atoms with Crippen molar-refractivity contribution < 1.29 is 22.7 Å². The largest absolute Gasteiger partial charge is 0.503 e. The van der Waals surface area contributed by atoms with Crippen molar-refractivity contribution in [3.63, 3.8) is 0 Å². The Morgan fingerprint density at radius 2 is 1.88 bits per heavy atom. The zero-order chi connectivity index (χ0) is 17.7. The Labute approximate surface area is 148 Å². The molecule has 0 fully saturated rings. The minimum Gasteiger partial charge on any atom is -0.503 e. The van der Waals surface area contributed by atoms with Gasteiger partial charge in [0.05, 0.1) is 25.4 Å². The predicted molar refractivity (Wildman–Crippen MR) is 90.8 cm³/mol. The lowest BCUT2D eigenvalue weighted by molar-refractivity contribution is -0.133. The van der Waals surface area contributed by atoms with E-state index in [2.05, 4.69) is 20.9 Å². The predicted octanol–water partition coefficient (Wildman–Crippen LogP) is 2.84. The number of pyridine rings is 1. The molecule has 2 rings (SSSR count). The van der Waals surface area contributed by atoms with E-state index in [-0.39, 0.29) is 21.1 Å². The molecule has 0 saturated carbocycles. The van der Waals surface area contributed by atoms with E-state index in [4.69, 9.17) is 9.47 Å². The highest BCUT2D eigenvalue weighted by atomic mass is 79.9. The van der Waals surface area contributed by atoms with Gasteiger partial charge in [-0.25, -0.2) is 18.2 Å². The molecule has 6 nitrogen and oxygen atoms in total. The fraction of sp³-hybridized carbons (Fsp3) is 0.125. The molecule has 0 spiro atoms. The molecule has 1 heterocycles. The van der Waals surface area contributed by atoms with Crippen LogP contribution in [0.4, 0.5) is 0 Å². The molecule has 1 aromatic heterocycles. The van der Waals surface area contributed by atoms with E-state index in [0.717, 1.165) is 6.26 Å². The standard InChI is InChI=1S/C16H14BrNO5S/c1-22-10-13(16(19)23-2)12-5-3-4-6-14(12)24(20,21)15-8-7-11(17)9-18-15/h3-10H,1-2H3/b13-10+. The summed E-state index contributed by atoms with van der Waals surface area (Å²) in [5.41, 5.74) is 0.173. The van der Waals surface area contributed by atoms with Gasteiger partial charge in [0, 0.05) is 16.2 Å². The number of sulfone groups is 1. The van der Waals surface area contributed by atoms with Crippen LogP contribution < -0.4 is 0 Å². The molecule has 0 aliphatic heterocycles. The van der Waals surface area contributed by atoms with Crippen LogP contribution in [0.5, 0.6) is 0 Å². The Balaban J connectivity index is 2.66. The summed E-state index contributed by atoms with van der Waals surface area (Å²) in [7, 11) is -1.36. The number of esters is 1. The second-order valence-corrected chi connectivity index (χ2v) is 7.35. The lowest BCUT2D eigenvalue weighted by atomic mass is 10.1. The van der Waals surface area contributed by atoms with E-state index in [1.807, 2.05) is 0 Å².